The molecule has 2 fully saturated rings. The largest absolute Gasteiger partial charge is 0.379 e. The Hall–Kier alpha value is -3.85. The number of rotatable bonds is 5. The first-order valence-electron chi connectivity index (χ1n) is 13.1. The van der Waals surface area contributed by atoms with Gasteiger partial charge >= 0.3 is 0 Å². The highest BCUT2D eigenvalue weighted by atomic mass is 16.5. The molecule has 0 aliphatic carbocycles. The summed E-state index contributed by atoms with van der Waals surface area (Å²) in [6.07, 6.45) is 4.83. The molecule has 2 aliphatic rings. The minimum atomic E-state index is -0.590. The summed E-state index contributed by atoms with van der Waals surface area (Å²) in [5.41, 5.74) is 7.84. The molecule has 0 bridgehead atoms. The Balaban J connectivity index is 1.52. The van der Waals surface area contributed by atoms with Gasteiger partial charge in [-0.2, -0.15) is 5.10 Å². The molecule has 38 heavy (non-hydrogen) atoms. The fourth-order valence-corrected chi connectivity index (χ4v) is 5.33. The van der Waals surface area contributed by atoms with E-state index in [-0.39, 0.29) is 11.6 Å². The maximum Gasteiger partial charge on any atom is 0.294 e. The van der Waals surface area contributed by atoms with Gasteiger partial charge in [0.15, 0.2) is 12.0 Å². The number of para-hydroxylation sites is 1. The van der Waals surface area contributed by atoms with Crippen molar-refractivity contribution < 1.29 is 4.74 Å². The van der Waals surface area contributed by atoms with E-state index < -0.39 is 6.17 Å². The molecule has 0 spiro atoms. The van der Waals surface area contributed by atoms with E-state index in [9.17, 15) is 4.79 Å². The zero-order valence-corrected chi connectivity index (χ0v) is 21.5. The Morgan fingerprint density at radius 1 is 1.13 bits per heavy atom. The lowest BCUT2D eigenvalue weighted by atomic mass is 10.1. The number of hydrogen-bond donors (Lipinski definition) is 1. The van der Waals surface area contributed by atoms with Crippen LogP contribution in [0.4, 0.5) is 5.95 Å². The number of nitrogens with two attached hydrogens (primary N) is 1. The van der Waals surface area contributed by atoms with Gasteiger partial charge in [-0.05, 0) is 25.8 Å². The molecule has 2 atom stereocenters. The molecule has 11 nitrogen and oxygen atoms in total. The first kappa shape index (κ1) is 24.5. The number of piperidine rings is 1. The summed E-state index contributed by atoms with van der Waals surface area (Å²) in [6, 6.07) is 7.89. The van der Waals surface area contributed by atoms with Crippen LogP contribution in [0.2, 0.25) is 0 Å². The van der Waals surface area contributed by atoms with Crippen molar-refractivity contribution in [3.05, 3.63) is 52.8 Å². The summed E-state index contributed by atoms with van der Waals surface area (Å²) in [6.45, 7) is 6.04. The molecule has 1 aromatic carbocycles. The molecule has 0 radical (unpaired) electrons. The number of imidazole rings is 1. The van der Waals surface area contributed by atoms with Gasteiger partial charge < -0.3 is 15.4 Å². The normalized spacial score (nSPS) is 19.4. The van der Waals surface area contributed by atoms with E-state index in [0.717, 1.165) is 30.3 Å². The molecule has 196 valence electrons. The Morgan fingerprint density at radius 2 is 1.97 bits per heavy atom. The Labute approximate surface area is 220 Å². The second kappa shape index (κ2) is 10.5. The molecule has 5 heterocycles. The Morgan fingerprint density at radius 3 is 2.79 bits per heavy atom. The molecule has 11 heteroatoms. The van der Waals surface area contributed by atoms with Crippen LogP contribution in [-0.2, 0) is 11.3 Å². The molecule has 6 rings (SSSR count). The van der Waals surface area contributed by atoms with Gasteiger partial charge in [0.2, 0.25) is 5.95 Å². The lowest BCUT2D eigenvalue weighted by Gasteiger charge is -2.33. The number of ether oxygens (including phenoxy) is 1. The number of hydrogen-bond acceptors (Lipinski definition) is 9. The van der Waals surface area contributed by atoms with E-state index in [1.54, 1.807) is 19.3 Å². The van der Waals surface area contributed by atoms with Crippen molar-refractivity contribution in [1.29, 1.82) is 0 Å². The average Bonchev–Trinajstić information content (AvgIpc) is 3.33. The third-order valence-corrected chi connectivity index (χ3v) is 7.21. The topological polar surface area (TPSA) is 120 Å². The van der Waals surface area contributed by atoms with E-state index in [1.165, 1.54) is 4.68 Å². The van der Waals surface area contributed by atoms with Gasteiger partial charge in [0.1, 0.15) is 11.0 Å². The number of benzene rings is 1. The van der Waals surface area contributed by atoms with Crippen LogP contribution < -0.4 is 16.2 Å². The van der Waals surface area contributed by atoms with E-state index in [2.05, 4.69) is 31.7 Å². The quantitative estimate of drug-likeness (QED) is 0.395. The summed E-state index contributed by atoms with van der Waals surface area (Å²) in [7, 11) is 0. The lowest BCUT2D eigenvalue weighted by molar-refractivity contribution is 0.00329. The van der Waals surface area contributed by atoms with Crippen LogP contribution in [0.1, 0.15) is 31.8 Å². The summed E-state index contributed by atoms with van der Waals surface area (Å²) < 4.78 is 8.99. The molecule has 2 N–H and O–H groups in total. The smallest absolute Gasteiger partial charge is 0.294 e. The monoisotopic (exact) mass is 513 g/mol. The van der Waals surface area contributed by atoms with Crippen LogP contribution in [0.5, 0.6) is 0 Å². The molecule has 3 aromatic heterocycles. The van der Waals surface area contributed by atoms with Gasteiger partial charge in [-0.1, -0.05) is 24.1 Å². The average molecular weight is 514 g/mol. The third-order valence-electron chi connectivity index (χ3n) is 7.21. The minimum Gasteiger partial charge on any atom is -0.379 e. The van der Waals surface area contributed by atoms with Crippen LogP contribution in [-0.4, -0.2) is 79.6 Å². The highest BCUT2D eigenvalue weighted by Crippen LogP contribution is 2.25. The van der Waals surface area contributed by atoms with Gasteiger partial charge in [0.25, 0.3) is 5.56 Å². The predicted octanol–water partition coefficient (Wildman–Crippen LogP) is 1.37. The highest BCUT2D eigenvalue weighted by molar-refractivity contribution is 5.78. The molecule has 2 unspecified atom stereocenters. The molecule has 4 aromatic rings. The first-order chi connectivity index (χ1) is 18.6. The molecular formula is C27H31N9O2. The maximum atomic E-state index is 14.2. The van der Waals surface area contributed by atoms with Crippen LogP contribution in [0.3, 0.4) is 0 Å². The number of nitrogens with zero attached hydrogens (tertiary/aromatic N) is 8. The van der Waals surface area contributed by atoms with E-state index in [4.69, 9.17) is 20.4 Å². The predicted molar refractivity (Wildman–Crippen MR) is 145 cm³/mol. The third kappa shape index (κ3) is 4.51. The fourth-order valence-electron chi connectivity index (χ4n) is 5.33. The van der Waals surface area contributed by atoms with Gasteiger partial charge in [-0.3, -0.25) is 14.3 Å². The number of fused-ring (bicyclic) bond motifs is 2. The van der Waals surface area contributed by atoms with Crippen molar-refractivity contribution in [1.82, 2.24) is 34.2 Å². The van der Waals surface area contributed by atoms with Gasteiger partial charge in [0.05, 0.1) is 31.5 Å². The number of anilines is 1. The second-order valence-electron chi connectivity index (χ2n) is 9.71. The van der Waals surface area contributed by atoms with E-state index in [0.29, 0.717) is 62.2 Å². The molecule has 2 aliphatic heterocycles. The zero-order valence-electron chi connectivity index (χ0n) is 21.5. The summed E-state index contributed by atoms with van der Waals surface area (Å²) in [5, 5.41) is 5.56. The van der Waals surface area contributed by atoms with E-state index >= 15 is 0 Å². The van der Waals surface area contributed by atoms with Crippen LogP contribution in [0.25, 0.3) is 21.9 Å². The zero-order chi connectivity index (χ0) is 26.1. The van der Waals surface area contributed by atoms with Crippen LogP contribution >= 0.6 is 0 Å². The standard InChI is InChI=1S/C27H31N9O2/c1-2-3-11-35-23-22(32-27(35)34-10-6-8-20(28)18-34)17-30-36(26(23)37)25(33-12-14-38-15-13-33)24-29-16-19-7-4-5-9-21(19)31-24/h4-5,7,9,16-17,20,25H,6,8,10-15,18,28H2,1H3. The summed E-state index contributed by atoms with van der Waals surface area (Å²) in [4.78, 5) is 32.9. The Bertz CT molecular complexity index is 1580. The van der Waals surface area contributed by atoms with Gasteiger partial charge in [-0.25, -0.2) is 19.6 Å². The minimum absolute atomic E-state index is 0.0693. The Kier molecular flexibility index (Phi) is 6.76. The summed E-state index contributed by atoms with van der Waals surface area (Å²) in [5.74, 6) is 7.29. The SMILES string of the molecule is CC#CCn1c(N2CCCC(N)C2)nc2cnn(C(c3ncc4ccccc4n3)N3CCOCC3)c(=O)c21. The maximum absolute atomic E-state index is 14.2. The van der Waals surface area contributed by atoms with Gasteiger partial charge in [-0.15, -0.1) is 5.92 Å². The molecule has 2 saturated heterocycles. The first-order valence-corrected chi connectivity index (χ1v) is 13.1. The van der Waals surface area contributed by atoms with Crippen molar-refractivity contribution >= 4 is 27.9 Å². The van der Waals surface area contributed by atoms with Crippen molar-refractivity contribution in [2.45, 2.75) is 38.5 Å². The molecular weight excluding hydrogens is 482 g/mol. The lowest BCUT2D eigenvalue weighted by Crippen LogP contribution is -2.46. The fraction of sp³-hybridized carbons (Fsp3) is 0.444. The van der Waals surface area contributed by atoms with Crippen LogP contribution in [0.15, 0.2) is 41.5 Å². The van der Waals surface area contributed by atoms with Crippen molar-refractivity contribution in [3.63, 3.8) is 0 Å². The molecule has 0 amide bonds. The van der Waals surface area contributed by atoms with Crippen molar-refractivity contribution in [2.24, 2.45) is 5.73 Å². The van der Waals surface area contributed by atoms with E-state index in [1.807, 2.05) is 28.8 Å². The van der Waals surface area contributed by atoms with Gasteiger partial charge in [0, 0.05) is 43.8 Å². The molecule has 0 saturated carbocycles. The van der Waals surface area contributed by atoms with Crippen molar-refractivity contribution in [2.75, 3.05) is 44.3 Å². The highest BCUT2D eigenvalue weighted by Gasteiger charge is 2.31. The van der Waals surface area contributed by atoms with Crippen molar-refractivity contribution in [3.8, 4) is 11.8 Å². The summed E-state index contributed by atoms with van der Waals surface area (Å²) >= 11 is 0. The number of aromatic nitrogens is 6. The number of morpholine rings is 1. The second-order valence-corrected chi connectivity index (χ2v) is 9.71. The van der Waals surface area contributed by atoms with Crippen LogP contribution in [0, 0.1) is 11.8 Å².